The minimum absolute atomic E-state index is 0.00228. The lowest BCUT2D eigenvalue weighted by Gasteiger charge is -2.43. The first kappa shape index (κ1) is 16.8. The van der Waals surface area contributed by atoms with Crippen LogP contribution in [0.5, 0.6) is 0 Å². The van der Waals surface area contributed by atoms with Crippen LogP contribution in [0.3, 0.4) is 0 Å². The molecule has 1 saturated carbocycles. The average molecular weight is 296 g/mol. The van der Waals surface area contributed by atoms with Gasteiger partial charge in [-0.1, -0.05) is 19.8 Å². The number of nitrogens with zero attached hydrogens (tertiary/aromatic N) is 1. The van der Waals surface area contributed by atoms with Crippen LogP contribution in [0.4, 0.5) is 0 Å². The highest BCUT2D eigenvalue weighted by molar-refractivity contribution is 5.77. The third-order valence-electron chi connectivity index (χ3n) is 5.26. The topological polar surface area (TPSA) is 52.6 Å². The smallest absolute Gasteiger partial charge is 0.222 e. The second-order valence-corrected chi connectivity index (χ2v) is 7.89. The van der Waals surface area contributed by atoms with Gasteiger partial charge in [-0.25, -0.2) is 0 Å². The molecule has 21 heavy (non-hydrogen) atoms. The van der Waals surface area contributed by atoms with Crippen LogP contribution < -0.4 is 5.32 Å². The van der Waals surface area contributed by atoms with Crippen LogP contribution in [-0.2, 0) is 4.79 Å². The number of amides is 1. The van der Waals surface area contributed by atoms with E-state index in [2.05, 4.69) is 31.0 Å². The molecule has 4 nitrogen and oxygen atoms in total. The molecule has 2 fully saturated rings. The van der Waals surface area contributed by atoms with Crippen molar-refractivity contribution in [1.29, 1.82) is 0 Å². The maximum absolute atomic E-state index is 12.1. The van der Waals surface area contributed by atoms with Crippen molar-refractivity contribution >= 4 is 5.91 Å². The van der Waals surface area contributed by atoms with E-state index in [1.807, 2.05) is 0 Å². The van der Waals surface area contributed by atoms with Crippen molar-refractivity contribution in [3.63, 3.8) is 0 Å². The van der Waals surface area contributed by atoms with Crippen molar-refractivity contribution in [3.05, 3.63) is 0 Å². The minimum atomic E-state index is -0.742. The van der Waals surface area contributed by atoms with E-state index in [0.717, 1.165) is 44.7 Å². The van der Waals surface area contributed by atoms with Crippen molar-refractivity contribution in [2.24, 2.45) is 5.92 Å². The molecule has 1 saturated heterocycles. The highest BCUT2D eigenvalue weighted by Gasteiger charge is 2.35. The number of likely N-dealkylation sites (tertiary alicyclic amines) is 1. The van der Waals surface area contributed by atoms with Gasteiger partial charge < -0.3 is 10.4 Å². The molecule has 2 rings (SSSR count). The number of piperidine rings is 1. The number of hydrogen-bond donors (Lipinski definition) is 2. The van der Waals surface area contributed by atoms with Gasteiger partial charge in [0.05, 0.1) is 12.0 Å². The fourth-order valence-electron chi connectivity index (χ4n) is 3.74. The van der Waals surface area contributed by atoms with Gasteiger partial charge in [-0.05, 0) is 52.0 Å². The summed E-state index contributed by atoms with van der Waals surface area (Å²) in [5.74, 6) is 0.741. The molecule has 2 aliphatic rings. The van der Waals surface area contributed by atoms with Gasteiger partial charge in [0.25, 0.3) is 0 Å². The van der Waals surface area contributed by atoms with Gasteiger partial charge in [-0.2, -0.15) is 0 Å². The Morgan fingerprint density at radius 3 is 2.62 bits per heavy atom. The first-order valence-corrected chi connectivity index (χ1v) is 8.55. The Hall–Kier alpha value is -0.610. The van der Waals surface area contributed by atoms with Crippen LogP contribution in [0.1, 0.15) is 65.7 Å². The Labute approximate surface area is 129 Å². The van der Waals surface area contributed by atoms with Crippen molar-refractivity contribution in [1.82, 2.24) is 10.2 Å². The Kier molecular flexibility index (Phi) is 5.31. The molecule has 0 aromatic rings. The Morgan fingerprint density at radius 1 is 1.33 bits per heavy atom. The van der Waals surface area contributed by atoms with Crippen molar-refractivity contribution in [2.75, 3.05) is 19.6 Å². The third-order valence-corrected chi connectivity index (χ3v) is 5.26. The van der Waals surface area contributed by atoms with Crippen LogP contribution in [0.15, 0.2) is 0 Å². The van der Waals surface area contributed by atoms with E-state index in [0.29, 0.717) is 6.54 Å². The predicted octanol–water partition coefficient (Wildman–Crippen LogP) is 2.31. The van der Waals surface area contributed by atoms with Gasteiger partial charge in [-0.15, -0.1) is 0 Å². The van der Waals surface area contributed by atoms with Crippen LogP contribution in [0.2, 0.25) is 0 Å². The summed E-state index contributed by atoms with van der Waals surface area (Å²) in [6, 6.07) is 0. The quantitative estimate of drug-likeness (QED) is 0.818. The lowest BCUT2D eigenvalue weighted by molar-refractivity contribution is -0.126. The van der Waals surface area contributed by atoms with E-state index in [1.54, 1.807) is 0 Å². The molecule has 0 spiro atoms. The van der Waals surface area contributed by atoms with E-state index in [4.69, 9.17) is 0 Å². The third kappa shape index (κ3) is 4.68. The van der Waals surface area contributed by atoms with Crippen LogP contribution in [0, 0.1) is 5.92 Å². The van der Waals surface area contributed by atoms with Crippen molar-refractivity contribution in [2.45, 2.75) is 76.9 Å². The summed E-state index contributed by atoms with van der Waals surface area (Å²) in [7, 11) is 0. The van der Waals surface area contributed by atoms with Crippen LogP contribution in [0.25, 0.3) is 0 Å². The molecule has 1 atom stereocenters. The SMILES string of the molecule is CC1CCCN(C(C)(C)CNC(=O)CC2(O)CCCC2)C1. The summed E-state index contributed by atoms with van der Waals surface area (Å²) in [6.45, 7) is 9.61. The molecule has 1 aliphatic heterocycles. The molecule has 0 radical (unpaired) electrons. The monoisotopic (exact) mass is 296 g/mol. The Bertz CT molecular complexity index is 362. The standard InChI is InChI=1S/C17H32N2O2/c1-14-7-6-10-19(12-14)16(2,3)13-18-15(20)11-17(21)8-4-5-9-17/h14,21H,4-13H2,1-3H3,(H,18,20). The molecule has 0 aromatic carbocycles. The van der Waals surface area contributed by atoms with Gasteiger partial charge in [0.1, 0.15) is 0 Å². The first-order chi connectivity index (χ1) is 9.81. The highest BCUT2D eigenvalue weighted by Crippen LogP contribution is 2.32. The highest BCUT2D eigenvalue weighted by atomic mass is 16.3. The fourth-order valence-corrected chi connectivity index (χ4v) is 3.74. The summed E-state index contributed by atoms with van der Waals surface area (Å²) in [5, 5.41) is 13.3. The van der Waals surface area contributed by atoms with Gasteiger partial charge in [0, 0.05) is 18.6 Å². The van der Waals surface area contributed by atoms with Crippen LogP contribution in [-0.4, -0.2) is 46.7 Å². The number of aliphatic hydroxyl groups is 1. The molecule has 1 aliphatic carbocycles. The Morgan fingerprint density at radius 2 is 2.00 bits per heavy atom. The number of hydrogen-bond acceptors (Lipinski definition) is 3. The molecular weight excluding hydrogens is 264 g/mol. The molecular formula is C17H32N2O2. The molecule has 0 aromatic heterocycles. The number of carbonyl (C=O) groups excluding carboxylic acids is 1. The van der Waals surface area contributed by atoms with Gasteiger partial charge in [-0.3, -0.25) is 9.69 Å². The maximum Gasteiger partial charge on any atom is 0.222 e. The number of rotatable bonds is 5. The second-order valence-electron chi connectivity index (χ2n) is 7.89. The number of nitrogens with one attached hydrogen (secondary N) is 1. The van der Waals surface area contributed by atoms with Crippen molar-refractivity contribution < 1.29 is 9.90 Å². The van der Waals surface area contributed by atoms with E-state index >= 15 is 0 Å². The van der Waals surface area contributed by atoms with E-state index in [1.165, 1.54) is 12.8 Å². The van der Waals surface area contributed by atoms with Gasteiger partial charge in [0.2, 0.25) is 5.91 Å². The summed E-state index contributed by atoms with van der Waals surface area (Å²) >= 11 is 0. The first-order valence-electron chi connectivity index (χ1n) is 8.55. The summed E-state index contributed by atoms with van der Waals surface area (Å²) in [5.41, 5.74) is -0.753. The zero-order chi connectivity index (χ0) is 15.5. The van der Waals surface area contributed by atoms with Gasteiger partial charge >= 0.3 is 0 Å². The number of carbonyl (C=O) groups is 1. The second kappa shape index (κ2) is 6.66. The van der Waals surface area contributed by atoms with E-state index in [9.17, 15) is 9.90 Å². The summed E-state index contributed by atoms with van der Waals surface area (Å²) < 4.78 is 0. The molecule has 1 amide bonds. The lowest BCUT2D eigenvalue weighted by atomic mass is 9.93. The van der Waals surface area contributed by atoms with Crippen LogP contribution >= 0.6 is 0 Å². The molecule has 0 bridgehead atoms. The summed E-state index contributed by atoms with van der Waals surface area (Å²) in [6.07, 6.45) is 6.45. The van der Waals surface area contributed by atoms with Crippen molar-refractivity contribution in [3.8, 4) is 0 Å². The predicted molar refractivity (Wildman–Crippen MR) is 85.1 cm³/mol. The van der Waals surface area contributed by atoms with E-state index in [-0.39, 0.29) is 17.9 Å². The molecule has 1 heterocycles. The molecule has 4 heteroatoms. The molecule has 1 unspecified atom stereocenters. The zero-order valence-electron chi connectivity index (χ0n) is 14.0. The lowest BCUT2D eigenvalue weighted by Crippen LogP contribution is -2.55. The fraction of sp³-hybridized carbons (Fsp3) is 0.941. The maximum atomic E-state index is 12.1. The largest absolute Gasteiger partial charge is 0.389 e. The van der Waals surface area contributed by atoms with Gasteiger partial charge in [0.15, 0.2) is 0 Å². The summed E-state index contributed by atoms with van der Waals surface area (Å²) in [4.78, 5) is 14.6. The van der Waals surface area contributed by atoms with E-state index < -0.39 is 5.60 Å². The average Bonchev–Trinajstić information content (AvgIpc) is 2.83. The zero-order valence-corrected chi connectivity index (χ0v) is 14.0. The minimum Gasteiger partial charge on any atom is -0.389 e. The molecule has 122 valence electrons. The Balaban J connectivity index is 1.79. The molecule has 2 N–H and O–H groups in total. The normalized spacial score (nSPS) is 26.8.